The number of fused-ring (bicyclic) bond motifs is 1. The molecule has 0 bridgehead atoms. The van der Waals surface area contributed by atoms with E-state index in [2.05, 4.69) is 32.7 Å². The molecule has 0 saturated carbocycles. The summed E-state index contributed by atoms with van der Waals surface area (Å²) in [4.78, 5) is 18.2. The Balaban J connectivity index is 1.96. The lowest BCUT2D eigenvalue weighted by Crippen LogP contribution is -2.47. The number of carbonyl (C=O) groups excluding carboxylic acids is 1. The van der Waals surface area contributed by atoms with E-state index in [-0.39, 0.29) is 5.91 Å². The number of hydrogen-bond acceptors (Lipinski definition) is 2. The molecule has 3 rings (SSSR count). The molecule has 1 amide bonds. The van der Waals surface area contributed by atoms with Gasteiger partial charge in [-0.05, 0) is 44.5 Å². The summed E-state index contributed by atoms with van der Waals surface area (Å²) in [6.45, 7) is 9.38. The lowest BCUT2D eigenvalue weighted by molar-refractivity contribution is 0.0698. The highest BCUT2D eigenvalue weighted by Crippen LogP contribution is 2.27. The highest BCUT2D eigenvalue weighted by atomic mass is 32.2. The van der Waals surface area contributed by atoms with E-state index in [4.69, 9.17) is 0 Å². The summed E-state index contributed by atoms with van der Waals surface area (Å²) in [7, 11) is 0. The van der Waals surface area contributed by atoms with Crippen LogP contribution in [0.25, 0.3) is 10.9 Å². The van der Waals surface area contributed by atoms with Crippen LogP contribution in [0.5, 0.6) is 0 Å². The molecule has 4 heteroatoms. The molecule has 0 radical (unpaired) electrons. The van der Waals surface area contributed by atoms with E-state index < -0.39 is 0 Å². The largest absolute Gasteiger partial charge is 0.358 e. The normalized spacial score (nSPS) is 22.8. The summed E-state index contributed by atoms with van der Waals surface area (Å²) < 4.78 is 0. The zero-order valence-electron chi connectivity index (χ0n) is 13.1. The summed E-state index contributed by atoms with van der Waals surface area (Å²) in [5, 5.41) is 1.66. The molecule has 21 heavy (non-hydrogen) atoms. The highest BCUT2D eigenvalue weighted by Gasteiger charge is 2.29. The molecular formula is C17H22N2OS. The van der Waals surface area contributed by atoms with Crippen molar-refractivity contribution in [2.45, 2.75) is 39.0 Å². The van der Waals surface area contributed by atoms with Crippen LogP contribution in [0, 0.1) is 13.8 Å². The van der Waals surface area contributed by atoms with Gasteiger partial charge < -0.3 is 9.88 Å². The Morgan fingerprint density at radius 2 is 2.10 bits per heavy atom. The number of nitrogens with one attached hydrogen (secondary N) is 1. The van der Waals surface area contributed by atoms with Crippen molar-refractivity contribution >= 4 is 28.6 Å². The second-order valence-electron chi connectivity index (χ2n) is 5.95. The van der Waals surface area contributed by atoms with Crippen LogP contribution in [-0.2, 0) is 0 Å². The van der Waals surface area contributed by atoms with Crippen LogP contribution in [-0.4, -0.2) is 39.4 Å². The van der Waals surface area contributed by atoms with E-state index >= 15 is 0 Å². The number of aromatic amines is 1. The van der Waals surface area contributed by atoms with Gasteiger partial charge in [-0.3, -0.25) is 4.79 Å². The van der Waals surface area contributed by atoms with Gasteiger partial charge in [0.25, 0.3) is 5.91 Å². The maximum Gasteiger partial charge on any atom is 0.254 e. The van der Waals surface area contributed by atoms with Crippen LogP contribution in [0.4, 0.5) is 0 Å². The van der Waals surface area contributed by atoms with Crippen molar-refractivity contribution in [3.05, 3.63) is 35.0 Å². The summed E-state index contributed by atoms with van der Waals surface area (Å²) >= 11 is 1.95. The zero-order valence-corrected chi connectivity index (χ0v) is 13.9. The van der Waals surface area contributed by atoms with Gasteiger partial charge in [0.15, 0.2) is 0 Å². The third-order valence-electron chi connectivity index (χ3n) is 4.70. The fourth-order valence-corrected chi connectivity index (χ4v) is 4.08. The average Bonchev–Trinajstić information content (AvgIpc) is 2.76. The van der Waals surface area contributed by atoms with Gasteiger partial charge in [-0.25, -0.2) is 0 Å². The Bertz CT molecular complexity index is 691. The predicted octanol–water partition coefficient (Wildman–Crippen LogP) is 3.75. The number of nitrogens with zero attached hydrogens (tertiary/aromatic N) is 1. The van der Waals surface area contributed by atoms with Crippen LogP contribution in [0.3, 0.4) is 0 Å². The first-order valence-electron chi connectivity index (χ1n) is 7.50. The van der Waals surface area contributed by atoms with Crippen molar-refractivity contribution in [2.24, 2.45) is 0 Å². The van der Waals surface area contributed by atoms with Gasteiger partial charge in [0.05, 0.1) is 0 Å². The van der Waals surface area contributed by atoms with Crippen molar-refractivity contribution in [2.75, 3.05) is 12.3 Å². The Kier molecular flexibility index (Phi) is 3.74. The van der Waals surface area contributed by atoms with Crippen LogP contribution in [0.2, 0.25) is 0 Å². The third-order valence-corrected chi connectivity index (χ3v) is 6.04. The zero-order chi connectivity index (χ0) is 15.1. The number of rotatable bonds is 1. The predicted molar refractivity (Wildman–Crippen MR) is 90.2 cm³/mol. The fraction of sp³-hybridized carbons (Fsp3) is 0.471. The topological polar surface area (TPSA) is 36.1 Å². The lowest BCUT2D eigenvalue weighted by Gasteiger charge is -2.37. The SMILES string of the molecule is Cc1[nH]c2ccc(C(=O)N3CCSC(C)C3C)cc2c1C. The van der Waals surface area contributed by atoms with Gasteiger partial charge in [0.2, 0.25) is 0 Å². The molecule has 2 unspecified atom stereocenters. The number of hydrogen-bond donors (Lipinski definition) is 1. The van der Waals surface area contributed by atoms with Crippen molar-refractivity contribution in [1.29, 1.82) is 0 Å². The Labute approximate surface area is 130 Å². The van der Waals surface area contributed by atoms with Crippen molar-refractivity contribution in [1.82, 2.24) is 9.88 Å². The molecule has 3 nitrogen and oxygen atoms in total. The number of carbonyl (C=O) groups is 1. The summed E-state index contributed by atoms with van der Waals surface area (Å²) in [5.41, 5.74) is 4.31. The molecule has 1 saturated heterocycles. The monoisotopic (exact) mass is 302 g/mol. The van der Waals surface area contributed by atoms with Crippen molar-refractivity contribution < 1.29 is 4.79 Å². The molecule has 1 aromatic carbocycles. The lowest BCUT2D eigenvalue weighted by atomic mass is 10.1. The van der Waals surface area contributed by atoms with Crippen molar-refractivity contribution in [3.63, 3.8) is 0 Å². The molecule has 0 aliphatic carbocycles. The van der Waals surface area contributed by atoms with Gasteiger partial charge in [0, 0.05) is 45.7 Å². The number of amides is 1. The molecule has 1 fully saturated rings. The van der Waals surface area contributed by atoms with Crippen LogP contribution in [0.15, 0.2) is 18.2 Å². The molecule has 1 aliphatic heterocycles. The Morgan fingerprint density at radius 3 is 2.86 bits per heavy atom. The van der Waals surface area contributed by atoms with Gasteiger partial charge in [-0.15, -0.1) is 0 Å². The quantitative estimate of drug-likeness (QED) is 0.871. The first-order chi connectivity index (χ1) is 9.99. The Morgan fingerprint density at radius 1 is 1.33 bits per heavy atom. The van der Waals surface area contributed by atoms with E-state index in [1.54, 1.807) is 0 Å². The molecular weight excluding hydrogens is 280 g/mol. The maximum atomic E-state index is 12.8. The van der Waals surface area contributed by atoms with Gasteiger partial charge >= 0.3 is 0 Å². The number of benzene rings is 1. The number of aryl methyl sites for hydroxylation is 2. The highest BCUT2D eigenvalue weighted by molar-refractivity contribution is 8.00. The second kappa shape index (κ2) is 5.41. The molecule has 2 heterocycles. The third kappa shape index (κ3) is 2.46. The van der Waals surface area contributed by atoms with E-state index in [0.717, 1.165) is 28.8 Å². The summed E-state index contributed by atoms with van der Waals surface area (Å²) in [6.07, 6.45) is 0. The van der Waals surface area contributed by atoms with Gasteiger partial charge in [-0.1, -0.05) is 6.92 Å². The van der Waals surface area contributed by atoms with E-state index in [9.17, 15) is 4.79 Å². The molecule has 112 valence electrons. The molecule has 0 spiro atoms. The molecule has 2 atom stereocenters. The van der Waals surface area contributed by atoms with Gasteiger partial charge in [-0.2, -0.15) is 11.8 Å². The summed E-state index contributed by atoms with van der Waals surface area (Å²) in [6, 6.07) is 6.30. The summed E-state index contributed by atoms with van der Waals surface area (Å²) in [5.74, 6) is 1.19. The minimum Gasteiger partial charge on any atom is -0.358 e. The van der Waals surface area contributed by atoms with Crippen LogP contribution >= 0.6 is 11.8 Å². The number of H-pyrrole nitrogens is 1. The molecule has 2 aromatic rings. The standard InChI is InChI=1S/C17H22N2OS/c1-10-11(2)18-16-6-5-14(9-15(10)16)17(20)19-7-8-21-13(4)12(19)3/h5-6,9,12-13,18H,7-8H2,1-4H3. The first kappa shape index (κ1) is 14.5. The van der Waals surface area contributed by atoms with Crippen molar-refractivity contribution in [3.8, 4) is 0 Å². The first-order valence-corrected chi connectivity index (χ1v) is 8.55. The van der Waals surface area contributed by atoms with Crippen LogP contribution < -0.4 is 0 Å². The number of thioether (sulfide) groups is 1. The van der Waals surface area contributed by atoms with E-state index in [0.29, 0.717) is 11.3 Å². The fourth-order valence-electron chi connectivity index (χ4n) is 2.98. The average molecular weight is 302 g/mol. The van der Waals surface area contributed by atoms with Gasteiger partial charge in [0.1, 0.15) is 0 Å². The maximum absolute atomic E-state index is 12.8. The molecule has 1 N–H and O–H groups in total. The van der Waals surface area contributed by atoms with E-state index in [1.807, 2.05) is 34.9 Å². The minimum absolute atomic E-state index is 0.162. The molecule has 1 aliphatic rings. The van der Waals surface area contributed by atoms with Crippen LogP contribution in [0.1, 0.15) is 35.5 Å². The second-order valence-corrected chi connectivity index (χ2v) is 7.44. The minimum atomic E-state index is 0.162. The Hall–Kier alpha value is -1.42. The molecule has 1 aromatic heterocycles. The smallest absolute Gasteiger partial charge is 0.254 e. The number of aromatic nitrogens is 1. The van der Waals surface area contributed by atoms with E-state index in [1.165, 1.54) is 11.3 Å².